The van der Waals surface area contributed by atoms with Gasteiger partial charge in [0.25, 0.3) is 47.3 Å². The van der Waals surface area contributed by atoms with E-state index < -0.39 is 70.5 Å². The topological polar surface area (TPSA) is 405 Å². The number of primary amides is 1. The number of carbonyl (C=O) groups excluding carboxylic acids is 8. The molecule has 16 aromatic rings. The average Bonchev–Trinajstić information content (AvgIpc) is 1.65. The Morgan fingerprint density at radius 3 is 0.908 bits per heavy atom. The van der Waals surface area contributed by atoms with E-state index in [4.69, 9.17) is 23.4 Å². The number of nitrogens with two attached hydrogens (primary N) is 1. The van der Waals surface area contributed by atoms with Crippen LogP contribution in [0.3, 0.4) is 0 Å². The first-order valence-corrected chi connectivity index (χ1v) is 37.2. The monoisotopic (exact) mass is 1660 g/mol. The molecule has 12 N–H and O–H groups in total. The number of amides is 8. The minimum Gasteiger partial charge on any atom is -0.446 e. The molecule has 0 aliphatic heterocycles. The van der Waals surface area contributed by atoms with Gasteiger partial charge in [0.05, 0.1) is 67.6 Å². The minimum atomic E-state index is -0.799. The van der Waals surface area contributed by atoms with Gasteiger partial charge in [0.15, 0.2) is 46.1 Å². The number of fused-ring (bicyclic) bond motifs is 4. The molecule has 0 bridgehead atoms. The summed E-state index contributed by atoms with van der Waals surface area (Å²) in [5.41, 5.74) is 10.5. The largest absolute Gasteiger partial charge is 0.446 e. The average molecular weight is 1670 g/mol. The van der Waals surface area contributed by atoms with Crippen molar-refractivity contribution < 1.29 is 82.4 Å². The number of halogens is 6. The highest BCUT2D eigenvalue weighted by Gasteiger charge is 2.24. The van der Waals surface area contributed by atoms with Crippen LogP contribution in [0.1, 0.15) is 128 Å². The fraction of sp³-hybridized carbons (Fsp3) is 0.0476. The highest BCUT2D eigenvalue weighted by Crippen LogP contribution is 2.32. The third-order valence-electron chi connectivity index (χ3n) is 17.3. The highest BCUT2D eigenvalue weighted by atomic mass is 32.1. The molecule has 0 unspecified atom stereocenters. The lowest BCUT2D eigenvalue weighted by Gasteiger charge is -2.07. The van der Waals surface area contributed by atoms with Gasteiger partial charge >= 0.3 is 0 Å². The summed E-state index contributed by atoms with van der Waals surface area (Å²) in [6, 6.07) is 41.2. The van der Waals surface area contributed by atoms with Gasteiger partial charge in [-0.25, -0.2) is 26.3 Å². The number of aromatic amines is 4. The number of benzene rings is 6. The lowest BCUT2D eigenvalue weighted by Crippen LogP contribution is -2.21. The minimum absolute atomic E-state index is 0.000810. The SMILES string of the molecule is CN(C)C(=O)c1ccc(C(=O)Nc2cc3c(/C=C/c4ccc(F)cc4)n[nH]c3cc2F)o1.CNC(=O)c1ccc(C(=O)Nc2cc3c(/C=C/c4ccc(F)cc4)n[nH]c3cc2F)o1.CNC(=O)c1ccc(C(=O)Nc2cc3c(/C=C/c4cccs4)n[nH]c3cc2F)o1.NC(=O)c1ccc(C(=O)Nc2cc3c(/C=C/c4cccs4)n[nH]c3cc2F)o1. The van der Waals surface area contributed by atoms with Crippen molar-refractivity contribution in [2.75, 3.05) is 49.5 Å². The second kappa shape index (κ2) is 36.7. The van der Waals surface area contributed by atoms with Crippen LogP contribution in [0.4, 0.5) is 49.1 Å². The van der Waals surface area contributed by atoms with Crippen LogP contribution in [-0.4, -0.2) is 121 Å². The first-order valence-electron chi connectivity index (χ1n) is 35.4. The summed E-state index contributed by atoms with van der Waals surface area (Å²) >= 11 is 3.17. The molecule has 0 aliphatic rings. The van der Waals surface area contributed by atoms with Crippen LogP contribution in [0.25, 0.3) is 92.2 Å². The molecular formula is C84H62F6N16O12S2. The maximum absolute atomic E-state index is 14.5. The molecule has 0 aliphatic carbocycles. The number of hydrogen-bond acceptors (Lipinski definition) is 18. The summed E-state index contributed by atoms with van der Waals surface area (Å²) in [5.74, 6) is -8.91. The van der Waals surface area contributed by atoms with Crippen LogP contribution in [0, 0.1) is 34.9 Å². The molecule has 28 nitrogen and oxygen atoms in total. The Morgan fingerprint density at radius 2 is 0.633 bits per heavy atom. The van der Waals surface area contributed by atoms with Crippen LogP contribution in [-0.2, 0) is 0 Å². The smallest absolute Gasteiger partial charge is 0.291 e. The molecule has 0 radical (unpaired) electrons. The lowest BCUT2D eigenvalue weighted by molar-refractivity contribution is 0.0791. The van der Waals surface area contributed by atoms with Crippen molar-refractivity contribution in [2.45, 2.75) is 0 Å². The van der Waals surface area contributed by atoms with E-state index in [1.807, 2.05) is 53.3 Å². The molecule has 10 heterocycles. The fourth-order valence-corrected chi connectivity index (χ4v) is 12.5. The molecule has 604 valence electrons. The van der Waals surface area contributed by atoms with E-state index in [1.54, 1.807) is 91.4 Å². The van der Waals surface area contributed by atoms with Crippen molar-refractivity contribution >= 4 is 185 Å². The highest BCUT2D eigenvalue weighted by molar-refractivity contribution is 7.11. The zero-order valence-corrected chi connectivity index (χ0v) is 64.4. The number of rotatable bonds is 20. The van der Waals surface area contributed by atoms with Crippen LogP contribution in [0.15, 0.2) is 198 Å². The predicted octanol–water partition coefficient (Wildman–Crippen LogP) is 16.8. The quantitative estimate of drug-likeness (QED) is 0.0316. The van der Waals surface area contributed by atoms with E-state index in [0.29, 0.717) is 66.4 Å². The number of anilines is 4. The van der Waals surface area contributed by atoms with Gasteiger partial charge in [-0.1, -0.05) is 48.6 Å². The number of carbonyl (C=O) groups is 8. The maximum atomic E-state index is 14.5. The molecule has 16 rings (SSSR count). The molecule has 0 saturated carbocycles. The summed E-state index contributed by atoms with van der Waals surface area (Å²) in [5, 5.41) is 48.7. The van der Waals surface area contributed by atoms with Gasteiger partial charge in [0.2, 0.25) is 0 Å². The first kappa shape index (κ1) is 82.0. The van der Waals surface area contributed by atoms with Crippen molar-refractivity contribution in [3.8, 4) is 0 Å². The number of nitrogens with zero attached hydrogens (tertiary/aromatic N) is 5. The number of hydrogen-bond donors (Lipinski definition) is 11. The molecule has 8 amide bonds. The van der Waals surface area contributed by atoms with E-state index in [0.717, 1.165) is 20.9 Å². The summed E-state index contributed by atoms with van der Waals surface area (Å²) in [4.78, 5) is 99.1. The third kappa shape index (κ3) is 19.7. The molecule has 0 saturated heterocycles. The van der Waals surface area contributed by atoms with Gasteiger partial charge in [-0.3, -0.25) is 58.8 Å². The lowest BCUT2D eigenvalue weighted by atomic mass is 10.1. The number of aromatic nitrogens is 8. The zero-order chi connectivity index (χ0) is 84.8. The van der Waals surface area contributed by atoms with Crippen LogP contribution < -0.4 is 37.6 Å². The molecule has 0 spiro atoms. The normalized spacial score (nSPS) is 11.2. The summed E-state index contributed by atoms with van der Waals surface area (Å²) < 4.78 is 105. The first-order chi connectivity index (χ1) is 57.8. The van der Waals surface area contributed by atoms with Crippen molar-refractivity contribution in [2.24, 2.45) is 5.73 Å². The fourth-order valence-electron chi connectivity index (χ4n) is 11.3. The summed E-state index contributed by atoms with van der Waals surface area (Å²) in [6.07, 6.45) is 14.3. The van der Waals surface area contributed by atoms with E-state index in [9.17, 15) is 64.7 Å². The number of H-pyrrole nitrogens is 4. The van der Waals surface area contributed by atoms with E-state index >= 15 is 0 Å². The van der Waals surface area contributed by atoms with Gasteiger partial charge in [-0.05, 0) is 168 Å². The van der Waals surface area contributed by atoms with E-state index in [-0.39, 0.29) is 80.5 Å². The Kier molecular flexibility index (Phi) is 25.1. The second-order valence-corrected chi connectivity index (χ2v) is 27.6. The Hall–Kier alpha value is -16.0. The van der Waals surface area contributed by atoms with Crippen LogP contribution in [0.5, 0.6) is 0 Å². The molecule has 10 aromatic heterocycles. The Labute approximate surface area is 680 Å². The number of furan rings is 4. The molecule has 36 heteroatoms. The molecule has 120 heavy (non-hydrogen) atoms. The maximum Gasteiger partial charge on any atom is 0.291 e. The van der Waals surface area contributed by atoms with Gasteiger partial charge < -0.3 is 60.2 Å². The van der Waals surface area contributed by atoms with Crippen LogP contribution in [0.2, 0.25) is 0 Å². The molecular weight excluding hydrogens is 1600 g/mol. The molecule has 6 aromatic carbocycles. The van der Waals surface area contributed by atoms with E-state index in [1.165, 1.54) is 140 Å². The predicted molar refractivity (Wildman–Crippen MR) is 441 cm³/mol. The Bertz CT molecular complexity index is 6670. The van der Waals surface area contributed by atoms with Gasteiger partial charge in [-0.2, -0.15) is 20.4 Å². The second-order valence-electron chi connectivity index (χ2n) is 25.6. The Balaban J connectivity index is 0.000000138. The van der Waals surface area contributed by atoms with Crippen molar-refractivity contribution in [1.29, 1.82) is 0 Å². The Morgan fingerprint density at radius 1 is 0.358 bits per heavy atom. The van der Waals surface area contributed by atoms with Crippen LogP contribution >= 0.6 is 22.7 Å². The van der Waals surface area contributed by atoms with Crippen molar-refractivity contribution in [3.63, 3.8) is 0 Å². The molecule has 0 fully saturated rings. The molecule has 0 atom stereocenters. The van der Waals surface area contributed by atoms with Crippen molar-refractivity contribution in [3.05, 3.63) is 305 Å². The zero-order valence-electron chi connectivity index (χ0n) is 62.7. The van der Waals surface area contributed by atoms with Gasteiger partial charge in [-0.15, -0.1) is 22.7 Å². The summed E-state index contributed by atoms with van der Waals surface area (Å²) in [6.45, 7) is 0. The number of thiophene rings is 2. The standard InChI is InChI=1S/C23H18F2N4O3.C22H16F2N4O3.C20H15FN4O3S.C19H13FN4O3S/c1-29(2)23(31)21-10-9-20(32-21)22(30)26-19-11-15-17(27-28-18(15)12-16(19)25)8-5-13-3-6-14(24)7-4-13;1-25-21(29)19-8-9-20(31-19)22(30)26-18-10-14-16(27-28-17(14)11-15(18)24)7-4-12-2-5-13(23)6-3-12;1-22-19(26)17-6-7-18(28-17)20(27)23-16-9-12-14(5-4-11-3-2-8-29-11)24-25-15(12)10-13(16)21;20-12-9-14-11(13(23-24-14)4-3-10-2-1-7-28-10)8-15(12)22-19(26)17-6-5-16(27-17)18(21)25/h3-12H,1-2H3,(H,26,30)(H,27,28);2-11H,1H3,(H,25,29)(H,26,30)(H,27,28);2-10H,1H3,(H,22,26)(H,23,27)(H,24,25);1-9H,(H2,21,25)(H,22,26)(H,23,24)/b8-5+;7-4+;5-4+;4-3+. The number of nitrogens with one attached hydrogen (secondary N) is 10. The third-order valence-corrected chi connectivity index (χ3v) is 19.0. The summed E-state index contributed by atoms with van der Waals surface area (Å²) in [7, 11) is 6.00. The van der Waals surface area contributed by atoms with Gasteiger partial charge in [0.1, 0.15) is 34.9 Å². The van der Waals surface area contributed by atoms with E-state index in [2.05, 4.69) is 72.7 Å². The van der Waals surface area contributed by atoms with Crippen molar-refractivity contribution in [1.82, 2.24) is 56.3 Å². The van der Waals surface area contributed by atoms with Gasteiger partial charge in [0, 0.05) is 83.8 Å².